The molecule has 148 valence electrons. The zero-order valence-corrected chi connectivity index (χ0v) is 16.8. The van der Waals surface area contributed by atoms with Crippen LogP contribution in [0.2, 0.25) is 0 Å². The van der Waals surface area contributed by atoms with E-state index in [1.165, 1.54) is 0 Å². The zero-order valence-electron chi connectivity index (χ0n) is 16.8. The van der Waals surface area contributed by atoms with E-state index in [1.807, 2.05) is 55.5 Å². The Balaban J connectivity index is 1.93. The summed E-state index contributed by atoms with van der Waals surface area (Å²) in [5.41, 5.74) is 11.1. The summed E-state index contributed by atoms with van der Waals surface area (Å²) in [5, 5.41) is 0. The number of nitrogens with zero attached hydrogens (tertiary/aromatic N) is 3. The molecule has 0 bridgehead atoms. The Hall–Kier alpha value is -3.41. The van der Waals surface area contributed by atoms with Gasteiger partial charge in [0, 0.05) is 5.69 Å². The number of nitrogens with two attached hydrogens (primary N) is 1. The largest absolute Gasteiger partial charge is 0.462 e. The highest BCUT2D eigenvalue weighted by Crippen LogP contribution is 2.31. The average Bonchev–Trinajstić information content (AvgIpc) is 2.96. The van der Waals surface area contributed by atoms with Crippen molar-refractivity contribution < 1.29 is 9.53 Å². The highest BCUT2D eigenvalue weighted by molar-refractivity contribution is 6.09. The van der Waals surface area contributed by atoms with Crippen LogP contribution in [0.1, 0.15) is 36.2 Å². The van der Waals surface area contributed by atoms with Crippen molar-refractivity contribution in [3.05, 3.63) is 59.7 Å². The summed E-state index contributed by atoms with van der Waals surface area (Å²) in [6.07, 6.45) is 0.788. The SMILES string of the molecule is Cc1cccc(-n2c(N)c(C(=O)OCCC(C)C)c3nc4ccccc4nc32)c1. The molecule has 0 radical (unpaired) electrons. The summed E-state index contributed by atoms with van der Waals surface area (Å²) in [5.74, 6) is 0.261. The maximum Gasteiger partial charge on any atom is 0.344 e. The lowest BCUT2D eigenvalue weighted by Crippen LogP contribution is -2.11. The molecule has 0 spiro atoms. The van der Waals surface area contributed by atoms with E-state index in [-0.39, 0.29) is 11.4 Å². The van der Waals surface area contributed by atoms with E-state index in [0.29, 0.717) is 29.2 Å². The normalized spacial score (nSPS) is 11.4. The number of aryl methyl sites for hydroxylation is 1. The monoisotopic (exact) mass is 388 g/mol. The molecule has 4 rings (SSSR count). The van der Waals surface area contributed by atoms with Crippen LogP contribution in [0.4, 0.5) is 5.82 Å². The molecule has 0 saturated heterocycles. The van der Waals surface area contributed by atoms with Crippen molar-refractivity contribution in [3.8, 4) is 5.69 Å². The topological polar surface area (TPSA) is 83.0 Å². The van der Waals surface area contributed by atoms with E-state index in [0.717, 1.165) is 23.2 Å². The minimum Gasteiger partial charge on any atom is -0.462 e. The molecule has 6 heteroatoms. The highest BCUT2D eigenvalue weighted by atomic mass is 16.5. The number of fused-ring (bicyclic) bond motifs is 2. The summed E-state index contributed by atoms with van der Waals surface area (Å²) in [4.78, 5) is 22.4. The van der Waals surface area contributed by atoms with Crippen LogP contribution in [-0.4, -0.2) is 27.1 Å². The lowest BCUT2D eigenvalue weighted by Gasteiger charge is -2.09. The number of aromatic nitrogens is 3. The third kappa shape index (κ3) is 3.53. The lowest BCUT2D eigenvalue weighted by atomic mass is 10.1. The van der Waals surface area contributed by atoms with Gasteiger partial charge in [-0.15, -0.1) is 0 Å². The molecule has 0 aliphatic heterocycles. The number of anilines is 1. The summed E-state index contributed by atoms with van der Waals surface area (Å²) >= 11 is 0. The Morgan fingerprint density at radius 2 is 1.83 bits per heavy atom. The van der Waals surface area contributed by atoms with Gasteiger partial charge in [0.15, 0.2) is 5.65 Å². The molecule has 2 aromatic heterocycles. The number of esters is 1. The first-order valence-corrected chi connectivity index (χ1v) is 9.76. The maximum atomic E-state index is 12.9. The lowest BCUT2D eigenvalue weighted by molar-refractivity contribution is 0.0491. The van der Waals surface area contributed by atoms with Crippen LogP contribution < -0.4 is 5.73 Å². The third-order valence-electron chi connectivity index (χ3n) is 4.89. The van der Waals surface area contributed by atoms with Crippen molar-refractivity contribution in [1.29, 1.82) is 0 Å². The molecule has 29 heavy (non-hydrogen) atoms. The molecule has 0 saturated carbocycles. The van der Waals surface area contributed by atoms with Crippen LogP contribution in [0, 0.1) is 12.8 Å². The Bertz CT molecular complexity index is 1210. The predicted molar refractivity (Wildman–Crippen MR) is 115 cm³/mol. The number of para-hydroxylation sites is 2. The fraction of sp³-hybridized carbons (Fsp3) is 0.261. The van der Waals surface area contributed by atoms with Crippen molar-refractivity contribution in [2.24, 2.45) is 5.92 Å². The number of nitrogen functional groups attached to an aromatic ring is 1. The van der Waals surface area contributed by atoms with Gasteiger partial charge in [-0.25, -0.2) is 14.8 Å². The summed E-state index contributed by atoms with van der Waals surface area (Å²) in [6, 6.07) is 15.5. The molecule has 4 aromatic rings. The fourth-order valence-electron chi connectivity index (χ4n) is 3.35. The van der Waals surface area contributed by atoms with Crippen LogP contribution >= 0.6 is 0 Å². The average molecular weight is 388 g/mol. The van der Waals surface area contributed by atoms with Gasteiger partial charge in [-0.05, 0) is 49.1 Å². The van der Waals surface area contributed by atoms with Crippen LogP contribution in [0.3, 0.4) is 0 Å². The minimum atomic E-state index is -0.468. The van der Waals surface area contributed by atoms with Crippen molar-refractivity contribution in [1.82, 2.24) is 14.5 Å². The van der Waals surface area contributed by atoms with E-state index in [2.05, 4.69) is 13.8 Å². The predicted octanol–water partition coefficient (Wildman–Crippen LogP) is 4.67. The van der Waals surface area contributed by atoms with Crippen LogP contribution in [0.5, 0.6) is 0 Å². The Kier molecular flexibility index (Phi) is 4.92. The molecular formula is C23H24N4O2. The van der Waals surface area contributed by atoms with Crippen molar-refractivity contribution in [2.75, 3.05) is 12.3 Å². The molecule has 2 heterocycles. The summed E-state index contributed by atoms with van der Waals surface area (Å²) in [7, 11) is 0. The van der Waals surface area contributed by atoms with E-state index >= 15 is 0 Å². The van der Waals surface area contributed by atoms with E-state index < -0.39 is 5.97 Å². The molecule has 6 nitrogen and oxygen atoms in total. The van der Waals surface area contributed by atoms with Gasteiger partial charge in [-0.2, -0.15) is 0 Å². The quantitative estimate of drug-likeness (QED) is 0.503. The molecule has 0 unspecified atom stereocenters. The van der Waals surface area contributed by atoms with E-state index in [1.54, 1.807) is 4.57 Å². The first kappa shape index (κ1) is 18.9. The molecule has 0 fully saturated rings. The second-order valence-electron chi connectivity index (χ2n) is 7.64. The van der Waals surface area contributed by atoms with Gasteiger partial charge in [0.25, 0.3) is 0 Å². The van der Waals surface area contributed by atoms with Gasteiger partial charge < -0.3 is 10.5 Å². The molecule has 2 aromatic carbocycles. The smallest absolute Gasteiger partial charge is 0.344 e. The molecular weight excluding hydrogens is 364 g/mol. The molecule has 0 atom stereocenters. The fourth-order valence-corrected chi connectivity index (χ4v) is 3.35. The molecule has 0 amide bonds. The number of ether oxygens (including phenoxy) is 1. The first-order valence-electron chi connectivity index (χ1n) is 9.76. The number of carbonyl (C=O) groups excluding carboxylic acids is 1. The number of rotatable bonds is 5. The standard InChI is InChI=1S/C23H24N4O2/c1-14(2)11-12-29-23(28)19-20-22(26-18-10-5-4-9-17(18)25-20)27(21(19)24)16-8-6-7-15(3)13-16/h4-10,13-14H,11-12,24H2,1-3H3. The third-order valence-corrected chi connectivity index (χ3v) is 4.89. The van der Waals surface area contributed by atoms with Crippen molar-refractivity contribution in [3.63, 3.8) is 0 Å². The zero-order chi connectivity index (χ0) is 20.5. The second kappa shape index (κ2) is 7.54. The van der Waals surface area contributed by atoms with Crippen molar-refractivity contribution >= 4 is 34.0 Å². The Morgan fingerprint density at radius 3 is 2.52 bits per heavy atom. The van der Waals surface area contributed by atoms with Gasteiger partial charge in [0.05, 0.1) is 17.6 Å². The summed E-state index contributed by atoms with van der Waals surface area (Å²) in [6.45, 7) is 6.52. The number of benzene rings is 2. The molecule has 0 aliphatic rings. The van der Waals surface area contributed by atoms with Crippen LogP contribution in [0.15, 0.2) is 48.5 Å². The Labute approximate surface area is 169 Å². The number of hydrogen-bond acceptors (Lipinski definition) is 5. The molecule has 2 N–H and O–H groups in total. The van der Waals surface area contributed by atoms with Crippen molar-refractivity contribution in [2.45, 2.75) is 27.2 Å². The van der Waals surface area contributed by atoms with E-state index in [4.69, 9.17) is 20.4 Å². The van der Waals surface area contributed by atoms with Gasteiger partial charge in [0.2, 0.25) is 0 Å². The molecule has 0 aliphatic carbocycles. The number of carbonyl (C=O) groups is 1. The second-order valence-corrected chi connectivity index (χ2v) is 7.64. The van der Waals surface area contributed by atoms with Gasteiger partial charge in [-0.3, -0.25) is 4.57 Å². The summed E-state index contributed by atoms with van der Waals surface area (Å²) < 4.78 is 7.29. The van der Waals surface area contributed by atoms with Crippen LogP contribution in [-0.2, 0) is 4.74 Å². The van der Waals surface area contributed by atoms with Gasteiger partial charge in [0.1, 0.15) is 16.9 Å². The van der Waals surface area contributed by atoms with Crippen LogP contribution in [0.25, 0.3) is 27.9 Å². The Morgan fingerprint density at radius 1 is 1.10 bits per heavy atom. The number of hydrogen-bond donors (Lipinski definition) is 1. The van der Waals surface area contributed by atoms with Gasteiger partial charge >= 0.3 is 5.97 Å². The maximum absolute atomic E-state index is 12.9. The highest BCUT2D eigenvalue weighted by Gasteiger charge is 2.26. The minimum absolute atomic E-state index is 0.267. The van der Waals surface area contributed by atoms with E-state index in [9.17, 15) is 4.79 Å². The van der Waals surface area contributed by atoms with Gasteiger partial charge in [-0.1, -0.05) is 38.1 Å². The first-order chi connectivity index (χ1) is 14.0.